The number of nitrogens with zero attached hydrogens (tertiary/aromatic N) is 1. The van der Waals surface area contributed by atoms with Gasteiger partial charge in [-0.15, -0.1) is 0 Å². The summed E-state index contributed by atoms with van der Waals surface area (Å²) in [5.74, 6) is 0.780. The molecule has 2 rings (SSSR count). The van der Waals surface area contributed by atoms with Crippen LogP contribution in [0, 0.1) is 0 Å². The number of piperidine rings is 1. The van der Waals surface area contributed by atoms with E-state index < -0.39 is 0 Å². The van der Waals surface area contributed by atoms with Gasteiger partial charge in [0, 0.05) is 6.04 Å². The molecule has 0 amide bonds. The summed E-state index contributed by atoms with van der Waals surface area (Å²) in [5.41, 5.74) is 1.52. The molecule has 1 aromatic carbocycles. The molecule has 1 aromatic rings. The third-order valence-electron chi connectivity index (χ3n) is 3.48. The van der Waals surface area contributed by atoms with E-state index >= 15 is 0 Å². The lowest BCUT2D eigenvalue weighted by molar-refractivity contribution is 0.183. The van der Waals surface area contributed by atoms with Crippen LogP contribution in [0.15, 0.2) is 30.3 Å². The zero-order valence-corrected chi connectivity index (χ0v) is 9.11. The van der Waals surface area contributed by atoms with Gasteiger partial charge in [0.1, 0.15) is 0 Å². The van der Waals surface area contributed by atoms with Gasteiger partial charge in [0.15, 0.2) is 0 Å². The summed E-state index contributed by atoms with van der Waals surface area (Å²) in [4.78, 5) is 2.46. The Kier molecular flexibility index (Phi) is 2.87. The molecule has 0 unspecified atom stereocenters. The van der Waals surface area contributed by atoms with Crippen LogP contribution in [-0.2, 0) is 0 Å². The molecule has 0 radical (unpaired) electrons. The fraction of sp³-hybridized carbons (Fsp3) is 0.538. The van der Waals surface area contributed by atoms with Crippen molar-refractivity contribution >= 4 is 0 Å². The second kappa shape index (κ2) is 4.14. The standard InChI is InChI=1S/C13H19N/c1-11-10-13(8-9-14(11)2)12-6-4-3-5-7-12/h3-7,11,13H,8-10H2,1-2H3/t11-,13+/m0/s1. The summed E-state index contributed by atoms with van der Waals surface area (Å²) in [5, 5.41) is 0. The predicted molar refractivity (Wildman–Crippen MR) is 60.5 cm³/mol. The topological polar surface area (TPSA) is 3.24 Å². The highest BCUT2D eigenvalue weighted by molar-refractivity contribution is 5.20. The highest BCUT2D eigenvalue weighted by atomic mass is 15.1. The fourth-order valence-corrected chi connectivity index (χ4v) is 2.32. The van der Waals surface area contributed by atoms with Gasteiger partial charge < -0.3 is 4.90 Å². The van der Waals surface area contributed by atoms with Gasteiger partial charge in [0.05, 0.1) is 0 Å². The van der Waals surface area contributed by atoms with Crippen LogP contribution in [0.4, 0.5) is 0 Å². The molecule has 0 spiro atoms. The minimum Gasteiger partial charge on any atom is -0.304 e. The first kappa shape index (κ1) is 9.72. The Morgan fingerprint density at radius 2 is 1.93 bits per heavy atom. The molecule has 0 aliphatic carbocycles. The largest absolute Gasteiger partial charge is 0.304 e. The molecule has 0 N–H and O–H groups in total. The van der Waals surface area contributed by atoms with E-state index in [4.69, 9.17) is 0 Å². The molecule has 1 aliphatic rings. The summed E-state index contributed by atoms with van der Waals surface area (Å²) in [6.07, 6.45) is 2.62. The van der Waals surface area contributed by atoms with Crippen LogP contribution in [0.3, 0.4) is 0 Å². The molecule has 1 nitrogen and oxygen atoms in total. The Labute approximate surface area is 86.7 Å². The summed E-state index contributed by atoms with van der Waals surface area (Å²) in [6.45, 7) is 3.57. The van der Waals surface area contributed by atoms with Gasteiger partial charge in [-0.05, 0) is 44.8 Å². The van der Waals surface area contributed by atoms with Crippen LogP contribution < -0.4 is 0 Å². The first-order chi connectivity index (χ1) is 6.77. The lowest BCUT2D eigenvalue weighted by Gasteiger charge is -2.35. The lowest BCUT2D eigenvalue weighted by Crippen LogP contribution is -2.36. The summed E-state index contributed by atoms with van der Waals surface area (Å²) in [7, 11) is 2.23. The first-order valence-electron chi connectivity index (χ1n) is 5.52. The van der Waals surface area contributed by atoms with E-state index in [1.807, 2.05) is 0 Å². The highest BCUT2D eigenvalue weighted by Crippen LogP contribution is 2.30. The first-order valence-corrected chi connectivity index (χ1v) is 5.52. The molecule has 0 bridgehead atoms. The van der Waals surface area contributed by atoms with Gasteiger partial charge in [-0.3, -0.25) is 0 Å². The van der Waals surface area contributed by atoms with Crippen molar-refractivity contribution in [2.75, 3.05) is 13.6 Å². The van der Waals surface area contributed by atoms with Crippen molar-refractivity contribution in [3.05, 3.63) is 35.9 Å². The summed E-state index contributed by atoms with van der Waals surface area (Å²) < 4.78 is 0. The van der Waals surface area contributed by atoms with Crippen LogP contribution in [0.2, 0.25) is 0 Å². The molecule has 1 heteroatoms. The number of likely N-dealkylation sites (tertiary alicyclic amines) is 1. The van der Waals surface area contributed by atoms with E-state index in [-0.39, 0.29) is 0 Å². The molecule has 2 atom stereocenters. The molecule has 1 aliphatic heterocycles. The van der Waals surface area contributed by atoms with Crippen molar-refractivity contribution in [1.82, 2.24) is 4.90 Å². The Hall–Kier alpha value is -0.820. The maximum absolute atomic E-state index is 2.46. The monoisotopic (exact) mass is 189 g/mol. The maximum atomic E-state index is 2.46. The van der Waals surface area contributed by atoms with E-state index in [1.165, 1.54) is 24.9 Å². The van der Waals surface area contributed by atoms with E-state index in [0.29, 0.717) is 0 Å². The van der Waals surface area contributed by atoms with Crippen LogP contribution in [0.5, 0.6) is 0 Å². The summed E-state index contributed by atoms with van der Waals surface area (Å²) in [6, 6.07) is 11.7. The molecule has 1 fully saturated rings. The van der Waals surface area contributed by atoms with Gasteiger partial charge in [0.25, 0.3) is 0 Å². The van der Waals surface area contributed by atoms with E-state index in [9.17, 15) is 0 Å². The quantitative estimate of drug-likeness (QED) is 0.656. The molecule has 14 heavy (non-hydrogen) atoms. The molecule has 0 saturated carbocycles. The molecule has 76 valence electrons. The Bertz CT molecular complexity index is 281. The average Bonchev–Trinajstić information content (AvgIpc) is 2.23. The van der Waals surface area contributed by atoms with Crippen LogP contribution in [0.25, 0.3) is 0 Å². The van der Waals surface area contributed by atoms with E-state index in [2.05, 4.69) is 49.2 Å². The third kappa shape index (κ3) is 1.98. The minimum absolute atomic E-state index is 0.731. The van der Waals surface area contributed by atoms with Crippen molar-refractivity contribution < 1.29 is 0 Å². The SMILES string of the molecule is C[C@H]1C[C@H](c2ccccc2)CCN1C. The summed E-state index contributed by atoms with van der Waals surface area (Å²) >= 11 is 0. The Morgan fingerprint density at radius 3 is 2.57 bits per heavy atom. The number of benzene rings is 1. The van der Waals surface area contributed by atoms with Crippen molar-refractivity contribution in [2.45, 2.75) is 31.7 Å². The second-order valence-corrected chi connectivity index (χ2v) is 4.46. The zero-order valence-electron chi connectivity index (χ0n) is 9.11. The molecule has 1 heterocycles. The van der Waals surface area contributed by atoms with Crippen LogP contribution in [-0.4, -0.2) is 24.5 Å². The van der Waals surface area contributed by atoms with Gasteiger partial charge >= 0.3 is 0 Å². The van der Waals surface area contributed by atoms with Gasteiger partial charge in [-0.25, -0.2) is 0 Å². The van der Waals surface area contributed by atoms with E-state index in [0.717, 1.165) is 12.0 Å². The fourth-order valence-electron chi connectivity index (χ4n) is 2.32. The second-order valence-electron chi connectivity index (χ2n) is 4.46. The molecular formula is C13H19N. The van der Waals surface area contributed by atoms with Gasteiger partial charge in [0.2, 0.25) is 0 Å². The normalized spacial score (nSPS) is 29.0. The van der Waals surface area contributed by atoms with Crippen molar-refractivity contribution in [2.24, 2.45) is 0 Å². The average molecular weight is 189 g/mol. The third-order valence-corrected chi connectivity index (χ3v) is 3.48. The maximum Gasteiger partial charge on any atom is 0.00697 e. The van der Waals surface area contributed by atoms with Crippen LogP contribution in [0.1, 0.15) is 31.2 Å². The minimum atomic E-state index is 0.731. The van der Waals surface area contributed by atoms with Crippen LogP contribution >= 0.6 is 0 Å². The zero-order chi connectivity index (χ0) is 9.97. The molecule has 1 saturated heterocycles. The molecule has 0 aromatic heterocycles. The van der Waals surface area contributed by atoms with Gasteiger partial charge in [-0.2, -0.15) is 0 Å². The predicted octanol–water partition coefficient (Wildman–Crippen LogP) is 2.88. The van der Waals surface area contributed by atoms with E-state index in [1.54, 1.807) is 0 Å². The number of hydrogen-bond acceptors (Lipinski definition) is 1. The smallest absolute Gasteiger partial charge is 0.00697 e. The highest BCUT2D eigenvalue weighted by Gasteiger charge is 2.23. The number of hydrogen-bond donors (Lipinski definition) is 0. The lowest BCUT2D eigenvalue weighted by atomic mass is 9.86. The van der Waals surface area contributed by atoms with Crippen molar-refractivity contribution in [3.63, 3.8) is 0 Å². The van der Waals surface area contributed by atoms with Gasteiger partial charge in [-0.1, -0.05) is 30.3 Å². The van der Waals surface area contributed by atoms with Crippen molar-refractivity contribution in [1.29, 1.82) is 0 Å². The Morgan fingerprint density at radius 1 is 1.21 bits per heavy atom. The van der Waals surface area contributed by atoms with Crippen molar-refractivity contribution in [3.8, 4) is 0 Å². The molecular weight excluding hydrogens is 170 g/mol. The number of rotatable bonds is 1. The Balaban J connectivity index is 2.07.